The second-order valence-corrected chi connectivity index (χ2v) is 5.01. The maximum atomic E-state index is 10.8. The average molecular weight is 232 g/mol. The third-order valence-electron chi connectivity index (χ3n) is 3.10. The number of nitrogens with zero attached hydrogens (tertiary/aromatic N) is 2. The first-order chi connectivity index (χ1) is 7.90. The summed E-state index contributed by atoms with van der Waals surface area (Å²) in [5.41, 5.74) is 2.59. The summed E-state index contributed by atoms with van der Waals surface area (Å²) in [6, 6.07) is 5.94. The van der Waals surface area contributed by atoms with Gasteiger partial charge in [0.1, 0.15) is 0 Å². The molecule has 0 saturated carbocycles. The molecule has 0 unspecified atom stereocenters. The van der Waals surface area contributed by atoms with Crippen molar-refractivity contribution in [3.8, 4) is 0 Å². The molecule has 0 radical (unpaired) electrons. The van der Waals surface area contributed by atoms with Gasteiger partial charge in [0.25, 0.3) is 0 Å². The van der Waals surface area contributed by atoms with Crippen LogP contribution in [0.25, 0.3) is 11.0 Å². The molecule has 0 spiro atoms. The number of rotatable bonds is 3. The first-order valence-electron chi connectivity index (χ1n) is 5.53. The predicted molar refractivity (Wildman–Crippen MR) is 66.0 cm³/mol. The molecule has 0 fully saturated rings. The van der Waals surface area contributed by atoms with Gasteiger partial charge in [-0.1, -0.05) is 19.9 Å². The van der Waals surface area contributed by atoms with Crippen LogP contribution in [0.2, 0.25) is 0 Å². The van der Waals surface area contributed by atoms with E-state index in [0.717, 1.165) is 16.6 Å². The average Bonchev–Trinajstić information content (AvgIpc) is 2.58. The largest absolute Gasteiger partial charge is 0.481 e. The van der Waals surface area contributed by atoms with E-state index in [9.17, 15) is 4.79 Å². The molecule has 4 nitrogen and oxygen atoms in total. The van der Waals surface area contributed by atoms with E-state index >= 15 is 0 Å². The lowest BCUT2D eigenvalue weighted by molar-refractivity contribution is -0.138. The van der Waals surface area contributed by atoms with E-state index in [4.69, 9.17) is 5.11 Å². The lowest BCUT2D eigenvalue weighted by atomic mass is 9.81. The molecule has 1 aromatic heterocycles. The Morgan fingerprint density at radius 3 is 2.82 bits per heavy atom. The highest BCUT2D eigenvalue weighted by Gasteiger charge is 2.24. The van der Waals surface area contributed by atoms with Crippen molar-refractivity contribution in [2.75, 3.05) is 0 Å². The molecule has 0 aliphatic rings. The number of carboxylic acid groups (broad SMARTS) is 1. The van der Waals surface area contributed by atoms with E-state index in [2.05, 4.69) is 4.98 Å². The fourth-order valence-electron chi connectivity index (χ4n) is 2.04. The molecular weight excluding hydrogens is 216 g/mol. The number of fused-ring (bicyclic) bond motifs is 1. The molecule has 2 rings (SSSR count). The van der Waals surface area contributed by atoms with Crippen molar-refractivity contribution in [3.63, 3.8) is 0 Å². The summed E-state index contributed by atoms with van der Waals surface area (Å²) in [4.78, 5) is 15.1. The van der Waals surface area contributed by atoms with Gasteiger partial charge in [-0.3, -0.25) is 4.79 Å². The van der Waals surface area contributed by atoms with Gasteiger partial charge in [0.05, 0.1) is 23.8 Å². The third-order valence-corrected chi connectivity index (χ3v) is 3.10. The Labute approximate surface area is 99.9 Å². The van der Waals surface area contributed by atoms with Crippen LogP contribution < -0.4 is 0 Å². The van der Waals surface area contributed by atoms with E-state index < -0.39 is 5.97 Å². The quantitative estimate of drug-likeness (QED) is 0.883. The molecule has 1 heterocycles. The van der Waals surface area contributed by atoms with Gasteiger partial charge < -0.3 is 9.67 Å². The summed E-state index contributed by atoms with van der Waals surface area (Å²) in [6.45, 7) is 3.87. The number of hydrogen-bond acceptors (Lipinski definition) is 2. The third kappa shape index (κ3) is 2.16. The molecule has 1 N–H and O–H groups in total. The Balaban J connectivity index is 2.45. The van der Waals surface area contributed by atoms with Gasteiger partial charge >= 0.3 is 5.97 Å². The second-order valence-electron chi connectivity index (χ2n) is 5.01. The first-order valence-corrected chi connectivity index (χ1v) is 5.53. The SMILES string of the molecule is Cn1cnc2cc(C(C)(C)CC(=O)O)ccc21. The minimum absolute atomic E-state index is 0.116. The van der Waals surface area contributed by atoms with E-state index in [1.165, 1.54) is 0 Å². The van der Waals surface area contributed by atoms with Crippen molar-refractivity contribution in [3.05, 3.63) is 30.1 Å². The zero-order valence-electron chi connectivity index (χ0n) is 10.3. The number of aliphatic carboxylic acids is 1. The van der Waals surface area contributed by atoms with Crippen LogP contribution in [0.15, 0.2) is 24.5 Å². The number of benzene rings is 1. The lowest BCUT2D eigenvalue weighted by Crippen LogP contribution is -2.21. The van der Waals surface area contributed by atoms with E-state index in [1.807, 2.05) is 43.7 Å². The number of hydrogen-bond donors (Lipinski definition) is 1. The summed E-state index contributed by atoms with van der Waals surface area (Å²) in [7, 11) is 1.94. The van der Waals surface area contributed by atoms with Crippen molar-refractivity contribution in [1.29, 1.82) is 0 Å². The van der Waals surface area contributed by atoms with Crippen LogP contribution in [0.1, 0.15) is 25.8 Å². The minimum atomic E-state index is -0.781. The van der Waals surface area contributed by atoms with Gasteiger partial charge in [-0.2, -0.15) is 0 Å². The van der Waals surface area contributed by atoms with Gasteiger partial charge in [0, 0.05) is 12.5 Å². The number of carbonyl (C=O) groups is 1. The highest BCUT2D eigenvalue weighted by atomic mass is 16.4. The smallest absolute Gasteiger partial charge is 0.304 e. The second kappa shape index (κ2) is 3.87. The van der Waals surface area contributed by atoms with Crippen LogP contribution in [0, 0.1) is 0 Å². The molecular formula is C13H16N2O2. The summed E-state index contributed by atoms with van der Waals surface area (Å²) in [6.07, 6.45) is 1.88. The van der Waals surface area contributed by atoms with Crippen LogP contribution in [0.4, 0.5) is 0 Å². The topological polar surface area (TPSA) is 55.1 Å². The highest BCUT2D eigenvalue weighted by Crippen LogP contribution is 2.29. The van der Waals surface area contributed by atoms with E-state index in [1.54, 1.807) is 6.33 Å². The Morgan fingerprint density at radius 1 is 1.47 bits per heavy atom. The molecule has 0 saturated heterocycles. The maximum Gasteiger partial charge on any atom is 0.304 e. The van der Waals surface area contributed by atoms with Crippen molar-refractivity contribution in [2.45, 2.75) is 25.7 Å². The molecule has 0 bridgehead atoms. The Morgan fingerprint density at radius 2 is 2.18 bits per heavy atom. The molecule has 17 heavy (non-hydrogen) atoms. The van der Waals surface area contributed by atoms with Gasteiger partial charge in [0.15, 0.2) is 0 Å². The summed E-state index contributed by atoms with van der Waals surface area (Å²) >= 11 is 0. The number of imidazole rings is 1. The van der Waals surface area contributed by atoms with Gasteiger partial charge in [-0.15, -0.1) is 0 Å². The summed E-state index contributed by atoms with van der Waals surface area (Å²) in [5.74, 6) is -0.781. The standard InChI is InChI=1S/C13H16N2O2/c1-13(2,7-12(16)17)9-4-5-11-10(6-9)14-8-15(11)3/h4-6,8H,7H2,1-3H3,(H,16,17). The zero-order valence-corrected chi connectivity index (χ0v) is 10.3. The van der Waals surface area contributed by atoms with Crippen LogP contribution in [0.3, 0.4) is 0 Å². The highest BCUT2D eigenvalue weighted by molar-refractivity contribution is 5.77. The van der Waals surface area contributed by atoms with Crippen LogP contribution in [-0.4, -0.2) is 20.6 Å². The van der Waals surface area contributed by atoms with Crippen LogP contribution in [0.5, 0.6) is 0 Å². The van der Waals surface area contributed by atoms with Crippen molar-refractivity contribution >= 4 is 17.0 Å². The van der Waals surface area contributed by atoms with Crippen LogP contribution >= 0.6 is 0 Å². The Kier molecular flexibility index (Phi) is 2.65. The predicted octanol–water partition coefficient (Wildman–Crippen LogP) is 2.33. The van der Waals surface area contributed by atoms with E-state index in [-0.39, 0.29) is 11.8 Å². The summed E-state index contributed by atoms with van der Waals surface area (Å²) < 4.78 is 1.95. The monoisotopic (exact) mass is 232 g/mol. The van der Waals surface area contributed by atoms with E-state index in [0.29, 0.717) is 0 Å². The lowest BCUT2D eigenvalue weighted by Gasteiger charge is -2.23. The van der Waals surface area contributed by atoms with Crippen molar-refractivity contribution in [1.82, 2.24) is 9.55 Å². The Hall–Kier alpha value is -1.84. The normalized spacial score (nSPS) is 11.9. The molecule has 0 amide bonds. The number of aryl methyl sites for hydroxylation is 1. The molecule has 4 heteroatoms. The number of aromatic nitrogens is 2. The van der Waals surface area contributed by atoms with Gasteiger partial charge in [0.2, 0.25) is 0 Å². The van der Waals surface area contributed by atoms with Gasteiger partial charge in [-0.25, -0.2) is 4.98 Å². The molecule has 1 aromatic carbocycles. The minimum Gasteiger partial charge on any atom is -0.481 e. The zero-order chi connectivity index (χ0) is 12.6. The van der Waals surface area contributed by atoms with Crippen molar-refractivity contribution in [2.24, 2.45) is 7.05 Å². The molecule has 0 aliphatic carbocycles. The molecule has 90 valence electrons. The maximum absolute atomic E-state index is 10.8. The molecule has 0 atom stereocenters. The summed E-state index contributed by atoms with van der Waals surface area (Å²) in [5, 5.41) is 8.91. The first kappa shape index (κ1) is 11.6. The van der Waals surface area contributed by atoms with Gasteiger partial charge in [-0.05, 0) is 17.7 Å². The van der Waals surface area contributed by atoms with Crippen molar-refractivity contribution < 1.29 is 9.90 Å². The fraction of sp³-hybridized carbons (Fsp3) is 0.385. The number of carboxylic acids is 1. The fourth-order valence-corrected chi connectivity index (χ4v) is 2.04. The molecule has 2 aromatic rings. The van der Waals surface area contributed by atoms with Crippen LogP contribution in [-0.2, 0) is 17.3 Å². The molecule has 0 aliphatic heterocycles. The Bertz CT molecular complexity index is 570.